The molecule has 0 spiro atoms. The first-order chi connectivity index (χ1) is 9.47. The molecule has 0 saturated heterocycles. The summed E-state index contributed by atoms with van der Waals surface area (Å²) in [6.07, 6.45) is 0.753. The highest BCUT2D eigenvalue weighted by Gasteiger charge is 2.18. The zero-order valence-corrected chi connectivity index (χ0v) is 13.4. The first-order valence-corrected chi connectivity index (χ1v) is 7.30. The number of carbonyl (C=O) groups is 1. The number of aryl methyl sites for hydroxylation is 1. The topological polar surface area (TPSA) is 42.4 Å². The fraction of sp³-hybridized carbons (Fsp3) is 0.600. The van der Waals surface area contributed by atoms with Crippen molar-refractivity contribution in [1.82, 2.24) is 9.88 Å². The molecule has 0 N–H and O–H groups in total. The molecule has 0 unspecified atom stereocenters. The number of pyridine rings is 1. The van der Waals surface area contributed by atoms with Crippen molar-refractivity contribution in [3.05, 3.63) is 28.5 Å². The Balaban J connectivity index is 2.95. The van der Waals surface area contributed by atoms with Crippen LogP contribution in [0, 0.1) is 5.92 Å². The average Bonchev–Trinajstić information content (AvgIpc) is 2.41. The van der Waals surface area contributed by atoms with Crippen molar-refractivity contribution in [2.75, 3.05) is 26.8 Å². The fourth-order valence-corrected chi connectivity index (χ4v) is 2.18. The van der Waals surface area contributed by atoms with E-state index in [-0.39, 0.29) is 5.91 Å². The number of hydrogen-bond donors (Lipinski definition) is 0. The molecule has 1 heterocycles. The first kappa shape index (κ1) is 16.9. The molecule has 1 amide bonds. The third-order valence-electron chi connectivity index (χ3n) is 2.89. The minimum absolute atomic E-state index is 0.0187. The van der Waals surface area contributed by atoms with Crippen LogP contribution in [0.15, 0.2) is 12.1 Å². The Hall–Kier alpha value is -1.13. The van der Waals surface area contributed by atoms with Crippen molar-refractivity contribution < 1.29 is 9.53 Å². The molecule has 1 rings (SSSR count). The molecule has 0 saturated carbocycles. The van der Waals surface area contributed by atoms with Gasteiger partial charge in [0.05, 0.1) is 6.61 Å². The van der Waals surface area contributed by atoms with Crippen molar-refractivity contribution in [2.24, 2.45) is 5.92 Å². The van der Waals surface area contributed by atoms with Crippen molar-refractivity contribution in [2.45, 2.75) is 27.2 Å². The van der Waals surface area contributed by atoms with Crippen molar-refractivity contribution >= 4 is 17.5 Å². The molecule has 0 aliphatic heterocycles. The normalized spacial score (nSPS) is 10.9. The van der Waals surface area contributed by atoms with E-state index in [9.17, 15) is 4.79 Å². The van der Waals surface area contributed by atoms with Gasteiger partial charge >= 0.3 is 0 Å². The van der Waals surface area contributed by atoms with E-state index < -0.39 is 0 Å². The van der Waals surface area contributed by atoms with Gasteiger partial charge in [-0.3, -0.25) is 4.79 Å². The Morgan fingerprint density at radius 2 is 2.15 bits per heavy atom. The van der Waals surface area contributed by atoms with E-state index in [0.29, 0.717) is 36.3 Å². The number of methoxy groups -OCH3 is 1. The van der Waals surface area contributed by atoms with Crippen molar-refractivity contribution in [3.63, 3.8) is 0 Å². The Morgan fingerprint density at radius 1 is 1.45 bits per heavy atom. The van der Waals surface area contributed by atoms with Crippen LogP contribution in [-0.2, 0) is 11.2 Å². The average molecular weight is 299 g/mol. The lowest BCUT2D eigenvalue weighted by molar-refractivity contribution is 0.0672. The summed E-state index contributed by atoms with van der Waals surface area (Å²) >= 11 is 5.98. The number of hydrogen-bond acceptors (Lipinski definition) is 3. The van der Waals surface area contributed by atoms with Gasteiger partial charge < -0.3 is 9.64 Å². The highest BCUT2D eigenvalue weighted by molar-refractivity contribution is 6.29. The molecule has 112 valence electrons. The van der Waals surface area contributed by atoms with Crippen LogP contribution in [0.4, 0.5) is 0 Å². The standard InChI is InChI=1S/C15H23ClN2O2/c1-5-13-8-12(9-14(16)17-13)15(19)18(6-7-20-4)10-11(2)3/h8-9,11H,5-7,10H2,1-4H3. The van der Waals surface area contributed by atoms with E-state index in [1.807, 2.05) is 13.0 Å². The van der Waals surface area contributed by atoms with Gasteiger partial charge in [0.15, 0.2) is 0 Å². The lowest BCUT2D eigenvalue weighted by Gasteiger charge is -2.24. The van der Waals surface area contributed by atoms with E-state index in [4.69, 9.17) is 16.3 Å². The van der Waals surface area contributed by atoms with Crippen molar-refractivity contribution in [1.29, 1.82) is 0 Å². The summed E-state index contributed by atoms with van der Waals surface area (Å²) in [7, 11) is 1.64. The van der Waals surface area contributed by atoms with Crippen LogP contribution in [-0.4, -0.2) is 42.6 Å². The van der Waals surface area contributed by atoms with E-state index in [2.05, 4.69) is 18.8 Å². The maximum Gasteiger partial charge on any atom is 0.254 e. The highest BCUT2D eigenvalue weighted by atomic mass is 35.5. The Kier molecular flexibility index (Phi) is 6.96. The van der Waals surface area contributed by atoms with Crippen LogP contribution in [0.2, 0.25) is 5.15 Å². The first-order valence-electron chi connectivity index (χ1n) is 6.92. The Bertz CT molecular complexity index is 449. The molecule has 5 heteroatoms. The minimum Gasteiger partial charge on any atom is -0.383 e. The van der Waals surface area contributed by atoms with Gasteiger partial charge in [0.2, 0.25) is 0 Å². The summed E-state index contributed by atoms with van der Waals surface area (Å²) in [4.78, 5) is 18.6. The van der Waals surface area contributed by atoms with E-state index in [1.165, 1.54) is 0 Å². The summed E-state index contributed by atoms with van der Waals surface area (Å²) in [5.41, 5.74) is 1.43. The quantitative estimate of drug-likeness (QED) is 0.727. The SMILES string of the molecule is CCc1cc(C(=O)N(CCOC)CC(C)C)cc(Cl)n1. The number of ether oxygens (including phenoxy) is 1. The predicted molar refractivity (Wildman–Crippen MR) is 81.2 cm³/mol. The molecule has 1 aromatic heterocycles. The van der Waals surface area contributed by atoms with Gasteiger partial charge in [-0.05, 0) is 24.5 Å². The van der Waals surface area contributed by atoms with Crippen molar-refractivity contribution in [3.8, 4) is 0 Å². The molecule has 20 heavy (non-hydrogen) atoms. The van der Waals surface area contributed by atoms with Gasteiger partial charge in [0, 0.05) is 31.5 Å². The van der Waals surface area contributed by atoms with Crippen LogP contribution in [0.1, 0.15) is 36.8 Å². The van der Waals surface area contributed by atoms with Gasteiger partial charge in [-0.25, -0.2) is 4.98 Å². The lowest BCUT2D eigenvalue weighted by Crippen LogP contribution is -2.36. The summed E-state index contributed by atoms with van der Waals surface area (Å²) in [6, 6.07) is 3.44. The predicted octanol–water partition coefficient (Wildman–Crippen LogP) is 3.04. The minimum atomic E-state index is -0.0187. The second-order valence-electron chi connectivity index (χ2n) is 5.16. The highest BCUT2D eigenvalue weighted by Crippen LogP contribution is 2.14. The fourth-order valence-electron chi connectivity index (χ4n) is 1.96. The van der Waals surface area contributed by atoms with Gasteiger partial charge in [0.1, 0.15) is 5.15 Å². The molecule has 0 radical (unpaired) electrons. The molecule has 1 aromatic rings. The summed E-state index contributed by atoms with van der Waals surface area (Å²) in [5.74, 6) is 0.383. The van der Waals surface area contributed by atoms with Gasteiger partial charge in [-0.2, -0.15) is 0 Å². The lowest BCUT2D eigenvalue weighted by atomic mass is 10.1. The van der Waals surface area contributed by atoms with E-state index in [0.717, 1.165) is 12.1 Å². The second-order valence-corrected chi connectivity index (χ2v) is 5.55. The van der Waals surface area contributed by atoms with E-state index >= 15 is 0 Å². The van der Waals surface area contributed by atoms with Gasteiger partial charge in [0.25, 0.3) is 5.91 Å². The number of aromatic nitrogens is 1. The number of carbonyl (C=O) groups excluding carboxylic acids is 1. The Labute approximate surface area is 126 Å². The maximum absolute atomic E-state index is 12.6. The summed E-state index contributed by atoms with van der Waals surface area (Å²) < 4.78 is 5.08. The van der Waals surface area contributed by atoms with Crippen LogP contribution in [0.3, 0.4) is 0 Å². The molecule has 0 bridgehead atoms. The molecular weight excluding hydrogens is 276 g/mol. The largest absolute Gasteiger partial charge is 0.383 e. The van der Waals surface area contributed by atoms with Crippen LogP contribution in [0.25, 0.3) is 0 Å². The summed E-state index contributed by atoms with van der Waals surface area (Å²) in [5, 5.41) is 0.365. The van der Waals surface area contributed by atoms with Gasteiger partial charge in [-0.15, -0.1) is 0 Å². The third-order valence-corrected chi connectivity index (χ3v) is 3.09. The second kappa shape index (κ2) is 8.22. The number of nitrogens with zero attached hydrogens (tertiary/aromatic N) is 2. The molecular formula is C15H23ClN2O2. The number of halogens is 1. The molecule has 4 nitrogen and oxygen atoms in total. The third kappa shape index (κ3) is 5.10. The number of rotatable bonds is 7. The molecule has 0 aliphatic carbocycles. The van der Waals surface area contributed by atoms with E-state index in [1.54, 1.807) is 18.1 Å². The zero-order chi connectivity index (χ0) is 15.1. The molecule has 0 fully saturated rings. The summed E-state index contributed by atoms with van der Waals surface area (Å²) in [6.45, 7) is 7.97. The Morgan fingerprint density at radius 3 is 2.70 bits per heavy atom. The van der Waals surface area contributed by atoms with Gasteiger partial charge in [-0.1, -0.05) is 32.4 Å². The molecule has 0 aromatic carbocycles. The molecule has 0 aliphatic rings. The zero-order valence-electron chi connectivity index (χ0n) is 12.6. The number of amides is 1. The maximum atomic E-state index is 12.6. The molecule has 0 atom stereocenters. The van der Waals surface area contributed by atoms with Crippen LogP contribution >= 0.6 is 11.6 Å². The smallest absolute Gasteiger partial charge is 0.254 e. The monoisotopic (exact) mass is 298 g/mol. The van der Waals surface area contributed by atoms with Crippen LogP contribution < -0.4 is 0 Å². The van der Waals surface area contributed by atoms with Crippen LogP contribution in [0.5, 0.6) is 0 Å².